The van der Waals surface area contributed by atoms with Gasteiger partial charge in [0.25, 0.3) is 0 Å². The lowest BCUT2D eigenvalue weighted by Crippen LogP contribution is -2.43. The van der Waals surface area contributed by atoms with E-state index in [-0.39, 0.29) is 0 Å². The van der Waals surface area contributed by atoms with Crippen molar-refractivity contribution < 1.29 is 4.42 Å². The Labute approximate surface area is 152 Å². The highest BCUT2D eigenvalue weighted by molar-refractivity contribution is 5.79. The number of piperidine rings is 1. The summed E-state index contributed by atoms with van der Waals surface area (Å²) in [5, 5.41) is 3.55. The highest BCUT2D eigenvalue weighted by atomic mass is 16.4. The fourth-order valence-electron chi connectivity index (χ4n) is 3.27. The quantitative estimate of drug-likeness (QED) is 0.606. The zero-order valence-corrected chi connectivity index (χ0v) is 16.6. The highest BCUT2D eigenvalue weighted by Gasteiger charge is 2.21. The van der Waals surface area contributed by atoms with E-state index in [1.165, 1.54) is 25.7 Å². The molecule has 142 valence electrons. The van der Waals surface area contributed by atoms with Crippen LogP contribution in [0.25, 0.3) is 0 Å². The van der Waals surface area contributed by atoms with E-state index < -0.39 is 0 Å². The van der Waals surface area contributed by atoms with Crippen LogP contribution >= 0.6 is 0 Å². The summed E-state index contributed by atoms with van der Waals surface area (Å²) in [5.41, 5.74) is 1.01. The van der Waals surface area contributed by atoms with Crippen molar-refractivity contribution in [2.24, 2.45) is 10.9 Å². The molecule has 0 aliphatic carbocycles. The summed E-state index contributed by atoms with van der Waals surface area (Å²) < 4.78 is 5.71. The number of rotatable bonds is 7. The van der Waals surface area contributed by atoms with Crippen molar-refractivity contribution in [2.45, 2.75) is 53.0 Å². The van der Waals surface area contributed by atoms with Crippen LogP contribution in [-0.2, 0) is 6.54 Å². The van der Waals surface area contributed by atoms with Crippen LogP contribution in [-0.4, -0.2) is 61.0 Å². The molecule has 1 aromatic heterocycles. The smallest absolute Gasteiger partial charge is 0.208 e. The molecule has 0 saturated carbocycles. The number of hydrogen-bond donors (Lipinski definition) is 1. The van der Waals surface area contributed by atoms with Crippen LogP contribution in [0.2, 0.25) is 0 Å². The summed E-state index contributed by atoms with van der Waals surface area (Å²) in [7, 11) is 3.99. The van der Waals surface area contributed by atoms with Crippen LogP contribution < -0.4 is 5.32 Å². The molecule has 0 unspecified atom stereocenters. The van der Waals surface area contributed by atoms with E-state index in [1.807, 2.05) is 20.9 Å². The Kier molecular flexibility index (Phi) is 7.75. The lowest BCUT2D eigenvalue weighted by Gasteiger charge is -2.32. The van der Waals surface area contributed by atoms with Crippen molar-refractivity contribution in [2.75, 3.05) is 40.3 Å². The van der Waals surface area contributed by atoms with Gasteiger partial charge in [0.2, 0.25) is 5.89 Å². The van der Waals surface area contributed by atoms with Crippen LogP contribution in [0.5, 0.6) is 0 Å². The minimum absolute atomic E-state index is 0.709. The lowest BCUT2D eigenvalue weighted by atomic mass is 9.97. The predicted octanol–water partition coefficient (Wildman–Crippen LogP) is 2.81. The van der Waals surface area contributed by atoms with Gasteiger partial charge in [0.15, 0.2) is 5.96 Å². The average Bonchev–Trinajstić information content (AvgIpc) is 2.92. The zero-order chi connectivity index (χ0) is 18.2. The SMILES string of the molecule is CCCCN(C)C(=NC)NCC1CCN(Cc2nc(C)c(C)o2)CC1. The summed E-state index contributed by atoms with van der Waals surface area (Å²) in [5.74, 6) is 3.51. The van der Waals surface area contributed by atoms with E-state index in [0.29, 0.717) is 5.92 Å². The molecular weight excluding hydrogens is 314 g/mol. The third kappa shape index (κ3) is 6.03. The van der Waals surface area contributed by atoms with Crippen LogP contribution in [0.3, 0.4) is 0 Å². The molecule has 0 bridgehead atoms. The molecule has 0 atom stereocenters. The predicted molar refractivity (Wildman–Crippen MR) is 103 cm³/mol. The Morgan fingerprint density at radius 1 is 1.36 bits per heavy atom. The van der Waals surface area contributed by atoms with Gasteiger partial charge < -0.3 is 14.6 Å². The molecule has 1 aliphatic rings. The maximum Gasteiger partial charge on any atom is 0.208 e. The van der Waals surface area contributed by atoms with E-state index in [0.717, 1.165) is 56.0 Å². The topological polar surface area (TPSA) is 56.9 Å². The second-order valence-electron chi connectivity index (χ2n) is 7.17. The Morgan fingerprint density at radius 2 is 2.08 bits per heavy atom. The highest BCUT2D eigenvalue weighted by Crippen LogP contribution is 2.19. The molecule has 0 amide bonds. The second kappa shape index (κ2) is 9.80. The molecule has 1 aliphatic heterocycles. The molecular formula is C19H35N5O. The second-order valence-corrected chi connectivity index (χ2v) is 7.17. The Bertz CT molecular complexity index is 527. The van der Waals surface area contributed by atoms with E-state index in [2.05, 4.69) is 39.1 Å². The minimum atomic E-state index is 0.709. The van der Waals surface area contributed by atoms with Gasteiger partial charge in [0.05, 0.1) is 12.2 Å². The average molecular weight is 350 g/mol. The van der Waals surface area contributed by atoms with Gasteiger partial charge in [0, 0.05) is 27.2 Å². The monoisotopic (exact) mass is 349 g/mol. The van der Waals surface area contributed by atoms with Gasteiger partial charge in [-0.05, 0) is 52.1 Å². The molecule has 6 nitrogen and oxygen atoms in total. The fourth-order valence-corrected chi connectivity index (χ4v) is 3.27. The first kappa shape index (κ1) is 19.8. The van der Waals surface area contributed by atoms with Crippen LogP contribution in [0, 0.1) is 19.8 Å². The van der Waals surface area contributed by atoms with Crippen molar-refractivity contribution in [3.8, 4) is 0 Å². The number of aryl methyl sites for hydroxylation is 2. The number of nitrogens with zero attached hydrogens (tertiary/aromatic N) is 4. The number of guanidine groups is 1. The standard InChI is InChI=1S/C19H35N5O/c1-6-7-10-23(5)19(20-4)21-13-17-8-11-24(12-9-17)14-18-22-15(2)16(3)25-18/h17H,6-14H2,1-5H3,(H,20,21). The molecule has 1 aromatic rings. The van der Waals surface area contributed by atoms with Crippen LogP contribution in [0.4, 0.5) is 0 Å². The van der Waals surface area contributed by atoms with E-state index >= 15 is 0 Å². The number of hydrogen-bond acceptors (Lipinski definition) is 4. The van der Waals surface area contributed by atoms with Gasteiger partial charge in [0.1, 0.15) is 5.76 Å². The normalized spacial score (nSPS) is 17.1. The molecule has 1 saturated heterocycles. The molecule has 0 aromatic carbocycles. The van der Waals surface area contributed by atoms with Gasteiger partial charge in [-0.25, -0.2) is 4.98 Å². The number of nitrogens with one attached hydrogen (secondary N) is 1. The molecule has 2 heterocycles. The number of unbranched alkanes of at least 4 members (excludes halogenated alkanes) is 1. The molecule has 1 N–H and O–H groups in total. The third-order valence-electron chi connectivity index (χ3n) is 5.11. The van der Waals surface area contributed by atoms with Gasteiger partial charge in [-0.2, -0.15) is 0 Å². The zero-order valence-electron chi connectivity index (χ0n) is 16.6. The third-order valence-corrected chi connectivity index (χ3v) is 5.11. The largest absolute Gasteiger partial charge is 0.444 e. The molecule has 0 radical (unpaired) electrons. The maximum atomic E-state index is 5.71. The Morgan fingerprint density at radius 3 is 2.64 bits per heavy atom. The van der Waals surface area contributed by atoms with Gasteiger partial charge in [-0.3, -0.25) is 9.89 Å². The van der Waals surface area contributed by atoms with Crippen LogP contribution in [0.15, 0.2) is 9.41 Å². The van der Waals surface area contributed by atoms with Gasteiger partial charge in [-0.15, -0.1) is 0 Å². The first-order valence-corrected chi connectivity index (χ1v) is 9.60. The molecule has 1 fully saturated rings. The fraction of sp³-hybridized carbons (Fsp3) is 0.789. The number of likely N-dealkylation sites (tertiary alicyclic amines) is 1. The molecule has 6 heteroatoms. The summed E-state index contributed by atoms with van der Waals surface area (Å²) in [6.45, 7) is 11.3. The number of oxazole rings is 1. The maximum absolute atomic E-state index is 5.71. The molecule has 0 spiro atoms. The van der Waals surface area contributed by atoms with E-state index in [1.54, 1.807) is 0 Å². The van der Waals surface area contributed by atoms with E-state index in [4.69, 9.17) is 4.42 Å². The van der Waals surface area contributed by atoms with Crippen LogP contribution in [0.1, 0.15) is 50.0 Å². The van der Waals surface area contributed by atoms with Crippen molar-refractivity contribution >= 4 is 5.96 Å². The summed E-state index contributed by atoms with van der Waals surface area (Å²) in [4.78, 5) is 13.6. The van der Waals surface area contributed by atoms with Crippen molar-refractivity contribution in [3.05, 3.63) is 17.3 Å². The molecule has 2 rings (SSSR count). The first-order valence-electron chi connectivity index (χ1n) is 9.60. The number of aliphatic imine (C=N–C) groups is 1. The van der Waals surface area contributed by atoms with Crippen molar-refractivity contribution in [1.29, 1.82) is 0 Å². The Hall–Kier alpha value is -1.56. The van der Waals surface area contributed by atoms with E-state index in [9.17, 15) is 0 Å². The summed E-state index contributed by atoms with van der Waals surface area (Å²) in [6.07, 6.45) is 4.83. The molecule has 25 heavy (non-hydrogen) atoms. The first-order chi connectivity index (χ1) is 12.0. The summed E-state index contributed by atoms with van der Waals surface area (Å²) >= 11 is 0. The minimum Gasteiger partial charge on any atom is -0.444 e. The Balaban J connectivity index is 1.71. The summed E-state index contributed by atoms with van der Waals surface area (Å²) in [6, 6.07) is 0. The van der Waals surface area contributed by atoms with Crippen molar-refractivity contribution in [1.82, 2.24) is 20.1 Å². The lowest BCUT2D eigenvalue weighted by molar-refractivity contribution is 0.163. The van der Waals surface area contributed by atoms with Crippen molar-refractivity contribution in [3.63, 3.8) is 0 Å². The number of aromatic nitrogens is 1. The van der Waals surface area contributed by atoms with Gasteiger partial charge >= 0.3 is 0 Å². The van der Waals surface area contributed by atoms with Gasteiger partial charge in [-0.1, -0.05) is 13.3 Å².